The van der Waals surface area contributed by atoms with Gasteiger partial charge < -0.3 is 14.4 Å². The average Bonchev–Trinajstić information content (AvgIpc) is 2.46. The van der Waals surface area contributed by atoms with Gasteiger partial charge >= 0.3 is 7.12 Å². The Morgan fingerprint density at radius 3 is 2.39 bits per heavy atom. The van der Waals surface area contributed by atoms with Crippen LogP contribution < -0.4 is 0 Å². The van der Waals surface area contributed by atoms with Crippen molar-refractivity contribution in [1.82, 2.24) is 4.98 Å². The molecule has 0 saturated carbocycles. The van der Waals surface area contributed by atoms with Crippen LogP contribution in [0.5, 0.6) is 5.75 Å². The van der Waals surface area contributed by atoms with Crippen molar-refractivity contribution in [2.75, 3.05) is 0 Å². The highest BCUT2D eigenvalue weighted by Gasteiger charge is 2.49. The molecule has 1 aromatic heterocycles. The van der Waals surface area contributed by atoms with Crippen LogP contribution >= 0.6 is 0 Å². The van der Waals surface area contributed by atoms with Gasteiger partial charge in [0, 0.05) is 11.8 Å². The van der Waals surface area contributed by atoms with Gasteiger partial charge in [-0.2, -0.15) is 0 Å². The third-order valence-corrected chi connectivity index (χ3v) is 3.54. The number of aromatic hydroxyl groups is 1. The van der Waals surface area contributed by atoms with Crippen LogP contribution in [0.15, 0.2) is 24.4 Å². The van der Waals surface area contributed by atoms with Crippen molar-refractivity contribution in [3.05, 3.63) is 30.0 Å². The lowest BCUT2D eigenvalue weighted by atomic mass is 9.89. The molecule has 1 saturated heterocycles. The molecule has 96 valence electrons. The number of rotatable bonds is 2. The van der Waals surface area contributed by atoms with E-state index in [0.29, 0.717) is 5.56 Å². The maximum atomic E-state index is 9.59. The lowest BCUT2D eigenvalue weighted by Gasteiger charge is -2.32. The van der Waals surface area contributed by atoms with E-state index < -0.39 is 7.12 Å². The maximum Gasteiger partial charge on any atom is 0.487 e. The first kappa shape index (κ1) is 13.1. The van der Waals surface area contributed by atoms with Gasteiger partial charge in [0.1, 0.15) is 5.75 Å². The molecule has 0 aliphatic carbocycles. The van der Waals surface area contributed by atoms with Crippen LogP contribution in [0, 0.1) is 0 Å². The smallest absolute Gasteiger partial charge is 0.487 e. The zero-order chi connectivity index (χ0) is 13.4. The summed E-state index contributed by atoms with van der Waals surface area (Å²) in [6.07, 6.45) is 4.81. The summed E-state index contributed by atoms with van der Waals surface area (Å²) in [7, 11) is -0.400. The first-order valence-corrected chi connectivity index (χ1v) is 5.99. The summed E-state index contributed by atoms with van der Waals surface area (Å²) in [5.41, 5.74) is 0.00429. The minimum atomic E-state index is -0.400. The molecule has 18 heavy (non-hydrogen) atoms. The third kappa shape index (κ3) is 2.42. The minimum absolute atomic E-state index is 0.144. The molecule has 0 atom stereocenters. The highest BCUT2D eigenvalue weighted by molar-refractivity contribution is 6.52. The van der Waals surface area contributed by atoms with E-state index in [1.165, 1.54) is 6.20 Å². The van der Waals surface area contributed by atoms with E-state index in [0.717, 1.165) is 0 Å². The van der Waals surface area contributed by atoms with E-state index in [4.69, 9.17) is 9.31 Å². The van der Waals surface area contributed by atoms with Crippen molar-refractivity contribution in [2.45, 2.75) is 38.9 Å². The molecule has 5 heteroatoms. The van der Waals surface area contributed by atoms with E-state index in [9.17, 15) is 5.11 Å². The molecule has 0 aromatic carbocycles. The molecule has 0 amide bonds. The summed E-state index contributed by atoms with van der Waals surface area (Å²) in [5, 5.41) is 9.59. The van der Waals surface area contributed by atoms with E-state index in [-0.39, 0.29) is 17.0 Å². The van der Waals surface area contributed by atoms with E-state index in [2.05, 4.69) is 4.98 Å². The van der Waals surface area contributed by atoms with Crippen molar-refractivity contribution < 1.29 is 14.4 Å². The Hall–Kier alpha value is -1.33. The van der Waals surface area contributed by atoms with Gasteiger partial charge in [0.25, 0.3) is 0 Å². The largest absolute Gasteiger partial charge is 0.506 e. The Morgan fingerprint density at radius 2 is 1.83 bits per heavy atom. The molecule has 0 spiro atoms. The molecule has 0 unspecified atom stereocenters. The zero-order valence-electron chi connectivity index (χ0n) is 11.2. The summed E-state index contributed by atoms with van der Waals surface area (Å²) < 4.78 is 11.6. The molecule has 2 rings (SSSR count). The van der Waals surface area contributed by atoms with Crippen molar-refractivity contribution in [2.24, 2.45) is 0 Å². The second-order valence-corrected chi connectivity index (χ2v) is 5.42. The van der Waals surface area contributed by atoms with Gasteiger partial charge in [0.2, 0.25) is 0 Å². The van der Waals surface area contributed by atoms with Gasteiger partial charge in [-0.25, -0.2) is 0 Å². The van der Waals surface area contributed by atoms with Gasteiger partial charge in [0.15, 0.2) is 0 Å². The fourth-order valence-corrected chi connectivity index (χ4v) is 1.69. The van der Waals surface area contributed by atoms with Crippen LogP contribution in [-0.4, -0.2) is 28.4 Å². The molecular weight excluding hydrogens is 229 g/mol. The highest BCUT2D eigenvalue weighted by Crippen LogP contribution is 2.37. The lowest BCUT2D eigenvalue weighted by Crippen LogP contribution is -2.41. The number of hydrogen-bond acceptors (Lipinski definition) is 4. The molecule has 4 nitrogen and oxygen atoms in total. The molecule has 1 N–H and O–H groups in total. The van der Waals surface area contributed by atoms with Crippen molar-refractivity contribution in [3.8, 4) is 5.75 Å². The Morgan fingerprint density at radius 1 is 1.22 bits per heavy atom. The first-order valence-electron chi connectivity index (χ1n) is 5.99. The molecule has 2 heterocycles. The van der Waals surface area contributed by atoms with Crippen molar-refractivity contribution >= 4 is 13.2 Å². The van der Waals surface area contributed by atoms with Gasteiger partial charge in [-0.1, -0.05) is 12.1 Å². The van der Waals surface area contributed by atoms with Gasteiger partial charge in [-0.3, -0.25) is 4.98 Å². The van der Waals surface area contributed by atoms with E-state index in [1.807, 2.05) is 27.7 Å². The van der Waals surface area contributed by atoms with Crippen LogP contribution in [0.25, 0.3) is 6.08 Å². The average molecular weight is 247 g/mol. The first-order chi connectivity index (χ1) is 8.32. The fraction of sp³-hybridized carbons (Fsp3) is 0.462. The quantitative estimate of drug-likeness (QED) is 0.815. The molecule has 1 aliphatic heterocycles. The van der Waals surface area contributed by atoms with Crippen LogP contribution in [0.1, 0.15) is 33.3 Å². The number of aromatic nitrogens is 1. The molecule has 0 bridgehead atoms. The Bertz CT molecular complexity index is 455. The van der Waals surface area contributed by atoms with Gasteiger partial charge in [-0.05, 0) is 33.8 Å². The van der Waals surface area contributed by atoms with Crippen molar-refractivity contribution in [3.63, 3.8) is 0 Å². The summed E-state index contributed by atoms with van der Waals surface area (Å²) in [6.45, 7) is 8.02. The van der Waals surface area contributed by atoms with E-state index >= 15 is 0 Å². The van der Waals surface area contributed by atoms with Gasteiger partial charge in [-0.15, -0.1) is 0 Å². The summed E-state index contributed by atoms with van der Waals surface area (Å²) in [4.78, 5) is 3.82. The second kappa shape index (κ2) is 4.41. The van der Waals surface area contributed by atoms with Crippen LogP contribution in [-0.2, 0) is 9.31 Å². The van der Waals surface area contributed by atoms with Gasteiger partial charge in [0.05, 0.1) is 17.4 Å². The standard InChI is InChI=1S/C13H18BNO3/c1-12(2)13(3,4)18-14(17-12)7-5-10-6-8-15-9-11(10)16/h5-9,16H,1-4H3/b7-5+. The summed E-state index contributed by atoms with van der Waals surface area (Å²) in [5.74, 6) is 1.94. The fourth-order valence-electron chi connectivity index (χ4n) is 1.69. The molecule has 1 aliphatic rings. The third-order valence-electron chi connectivity index (χ3n) is 3.54. The number of nitrogens with zero attached hydrogens (tertiary/aromatic N) is 1. The second-order valence-electron chi connectivity index (χ2n) is 5.42. The molecule has 1 fully saturated rings. The zero-order valence-corrected chi connectivity index (χ0v) is 11.2. The monoisotopic (exact) mass is 247 g/mol. The molecular formula is C13H18BNO3. The number of hydrogen-bond donors (Lipinski definition) is 1. The van der Waals surface area contributed by atoms with Crippen LogP contribution in [0.3, 0.4) is 0 Å². The highest BCUT2D eigenvalue weighted by atomic mass is 16.7. The predicted molar refractivity (Wildman–Crippen MR) is 71.0 cm³/mol. The number of pyridine rings is 1. The SMILES string of the molecule is CC1(C)OB(/C=C/c2ccncc2O)OC1(C)C. The Balaban J connectivity index is 2.11. The van der Waals surface area contributed by atoms with Crippen LogP contribution in [0.4, 0.5) is 0 Å². The van der Waals surface area contributed by atoms with Crippen molar-refractivity contribution in [1.29, 1.82) is 0 Å². The van der Waals surface area contributed by atoms with Crippen LogP contribution in [0.2, 0.25) is 0 Å². The summed E-state index contributed by atoms with van der Waals surface area (Å²) >= 11 is 0. The molecule has 1 aromatic rings. The molecule has 0 radical (unpaired) electrons. The summed E-state index contributed by atoms with van der Waals surface area (Å²) in [6, 6.07) is 1.73. The topological polar surface area (TPSA) is 51.6 Å². The minimum Gasteiger partial charge on any atom is -0.506 e. The Labute approximate surface area is 108 Å². The lowest BCUT2D eigenvalue weighted by molar-refractivity contribution is 0.00578. The maximum absolute atomic E-state index is 9.59. The normalized spacial score (nSPS) is 21.7. The Kier molecular flexibility index (Phi) is 3.21. The van der Waals surface area contributed by atoms with E-state index in [1.54, 1.807) is 24.3 Å². The predicted octanol–water partition coefficient (Wildman–Crippen LogP) is 2.43.